The third-order valence-corrected chi connectivity index (χ3v) is 8.68. The van der Waals surface area contributed by atoms with Gasteiger partial charge in [-0.2, -0.15) is 17.4 Å². The molecule has 0 radical (unpaired) electrons. The number of nitrogens with one attached hydrogen (secondary N) is 1. The molecule has 3 aliphatic heterocycles. The molecule has 9 nitrogen and oxygen atoms in total. The lowest BCUT2D eigenvalue weighted by atomic mass is 9.82. The maximum atomic E-state index is 13.0. The number of ether oxygens (including phenoxy) is 3. The Bertz CT molecular complexity index is 1010. The Morgan fingerprint density at radius 2 is 1.67 bits per heavy atom. The molecular formula is C29H47N3O6S. The van der Waals surface area contributed by atoms with E-state index >= 15 is 0 Å². The van der Waals surface area contributed by atoms with Crippen LogP contribution in [0.2, 0.25) is 0 Å². The van der Waals surface area contributed by atoms with Crippen LogP contribution < -0.4 is 9.46 Å². The number of fused-ring (bicyclic) bond motifs is 8. The molecule has 2 atom stereocenters. The van der Waals surface area contributed by atoms with Crippen molar-refractivity contribution in [2.75, 3.05) is 40.5 Å². The summed E-state index contributed by atoms with van der Waals surface area (Å²) in [6.07, 6.45) is 8.39. The quantitative estimate of drug-likeness (QED) is 0.525. The van der Waals surface area contributed by atoms with E-state index in [0.29, 0.717) is 31.9 Å². The van der Waals surface area contributed by atoms with E-state index < -0.39 is 28.4 Å². The highest BCUT2D eigenvalue weighted by atomic mass is 32.2. The van der Waals surface area contributed by atoms with E-state index in [1.54, 1.807) is 11.0 Å². The average Bonchev–Trinajstić information content (AvgIpc) is 2.96. The number of piperidine rings is 1. The van der Waals surface area contributed by atoms with E-state index in [4.69, 9.17) is 14.2 Å². The zero-order chi connectivity index (χ0) is 28.8. The SMILES string of the molecule is C=C.CC.CN(C)S(=O)(=O)N[C@H]1CCCN2C(=O)OC/C=C\COc3cccc(c3)C3CCC(CC3)OC[C@@H]12. The number of amides is 1. The summed E-state index contributed by atoms with van der Waals surface area (Å²) in [6.45, 7) is 11.3. The van der Waals surface area contributed by atoms with Gasteiger partial charge in [-0.05, 0) is 74.3 Å². The van der Waals surface area contributed by atoms with Crippen molar-refractivity contribution in [3.05, 3.63) is 55.1 Å². The summed E-state index contributed by atoms with van der Waals surface area (Å²) in [4.78, 5) is 14.6. The molecule has 1 aliphatic carbocycles. The fourth-order valence-corrected chi connectivity index (χ4v) is 5.93. The summed E-state index contributed by atoms with van der Waals surface area (Å²) < 4.78 is 46.7. The van der Waals surface area contributed by atoms with E-state index in [1.807, 2.05) is 32.1 Å². The third kappa shape index (κ3) is 9.63. The third-order valence-electron chi connectivity index (χ3n) is 7.12. The molecule has 0 spiro atoms. The van der Waals surface area contributed by atoms with Gasteiger partial charge in [0.2, 0.25) is 0 Å². The van der Waals surface area contributed by atoms with Crippen LogP contribution in [-0.2, 0) is 19.7 Å². The smallest absolute Gasteiger partial charge is 0.410 e. The molecule has 3 heterocycles. The molecule has 5 rings (SSSR count). The highest BCUT2D eigenvalue weighted by Gasteiger charge is 2.38. The Hall–Kier alpha value is -2.40. The molecule has 0 unspecified atom stereocenters. The van der Waals surface area contributed by atoms with E-state index in [1.165, 1.54) is 19.7 Å². The van der Waals surface area contributed by atoms with Gasteiger partial charge in [0.25, 0.3) is 10.2 Å². The van der Waals surface area contributed by atoms with Gasteiger partial charge in [-0.1, -0.05) is 26.0 Å². The maximum absolute atomic E-state index is 13.0. The van der Waals surface area contributed by atoms with Crippen molar-refractivity contribution < 1.29 is 27.4 Å². The largest absolute Gasteiger partial charge is 0.490 e. The van der Waals surface area contributed by atoms with Gasteiger partial charge in [0.05, 0.1) is 18.8 Å². The Balaban J connectivity index is 0.00000127. The lowest BCUT2D eigenvalue weighted by Gasteiger charge is -2.41. The first-order valence-corrected chi connectivity index (χ1v) is 15.4. The van der Waals surface area contributed by atoms with Crippen molar-refractivity contribution in [1.29, 1.82) is 0 Å². The zero-order valence-electron chi connectivity index (χ0n) is 24.0. The molecule has 10 heteroatoms. The van der Waals surface area contributed by atoms with Gasteiger partial charge >= 0.3 is 6.09 Å². The van der Waals surface area contributed by atoms with Gasteiger partial charge in [-0.15, -0.1) is 13.2 Å². The van der Waals surface area contributed by atoms with E-state index in [-0.39, 0.29) is 19.3 Å². The van der Waals surface area contributed by atoms with Crippen molar-refractivity contribution in [2.45, 2.75) is 76.5 Å². The number of hydrogen-bond donors (Lipinski definition) is 1. The van der Waals surface area contributed by atoms with Crippen LogP contribution in [0, 0.1) is 0 Å². The molecule has 1 aromatic carbocycles. The van der Waals surface area contributed by atoms with Crippen LogP contribution >= 0.6 is 0 Å². The predicted octanol–water partition coefficient (Wildman–Crippen LogP) is 4.87. The molecule has 39 heavy (non-hydrogen) atoms. The summed E-state index contributed by atoms with van der Waals surface area (Å²) in [6, 6.07) is 7.38. The first-order chi connectivity index (χ1) is 18.8. The molecule has 1 saturated heterocycles. The van der Waals surface area contributed by atoms with E-state index in [0.717, 1.165) is 35.7 Å². The van der Waals surface area contributed by atoms with Crippen LogP contribution in [0.25, 0.3) is 0 Å². The second kappa shape index (κ2) is 16.6. The summed E-state index contributed by atoms with van der Waals surface area (Å²) in [5.41, 5.74) is 1.29. The van der Waals surface area contributed by atoms with E-state index in [2.05, 4.69) is 30.0 Å². The number of benzene rings is 1. The Morgan fingerprint density at radius 3 is 2.33 bits per heavy atom. The van der Waals surface area contributed by atoms with Crippen molar-refractivity contribution in [2.24, 2.45) is 0 Å². The molecule has 4 aliphatic rings. The fourth-order valence-electron chi connectivity index (χ4n) is 5.06. The molecule has 1 amide bonds. The van der Waals surface area contributed by atoms with E-state index in [9.17, 15) is 13.2 Å². The predicted molar refractivity (Wildman–Crippen MR) is 155 cm³/mol. The summed E-state index contributed by atoms with van der Waals surface area (Å²) in [7, 11) is -0.680. The van der Waals surface area contributed by atoms with Crippen molar-refractivity contribution >= 4 is 16.3 Å². The second-order valence-corrected chi connectivity index (χ2v) is 11.6. The Labute approximate surface area is 235 Å². The summed E-state index contributed by atoms with van der Waals surface area (Å²) in [5.74, 6) is 1.31. The molecular weight excluding hydrogens is 518 g/mol. The molecule has 220 valence electrons. The number of hydrogen-bond acceptors (Lipinski definition) is 6. The Kier molecular flexibility index (Phi) is 14.0. The van der Waals surface area contributed by atoms with Crippen molar-refractivity contribution in [3.63, 3.8) is 0 Å². The minimum atomic E-state index is -3.66. The van der Waals surface area contributed by atoms with Crippen LogP contribution in [0.4, 0.5) is 4.79 Å². The molecule has 4 bridgehead atoms. The second-order valence-electron chi connectivity index (χ2n) is 9.65. The topological polar surface area (TPSA) is 97.4 Å². The first kappa shape index (κ1) is 32.8. The molecule has 0 aromatic heterocycles. The summed E-state index contributed by atoms with van der Waals surface area (Å²) >= 11 is 0. The first-order valence-electron chi connectivity index (χ1n) is 14.0. The fraction of sp³-hybridized carbons (Fsp3) is 0.621. The van der Waals surface area contributed by atoms with Gasteiger partial charge < -0.3 is 19.1 Å². The number of rotatable bonds is 3. The maximum Gasteiger partial charge on any atom is 0.410 e. The number of carbonyl (C=O) groups excluding carboxylic acids is 1. The molecule has 2 fully saturated rings. The van der Waals surface area contributed by atoms with Crippen LogP contribution in [0.3, 0.4) is 0 Å². The average molecular weight is 566 g/mol. The monoisotopic (exact) mass is 565 g/mol. The van der Waals surface area contributed by atoms with Gasteiger partial charge in [0, 0.05) is 26.7 Å². The molecule has 1 saturated carbocycles. The highest BCUT2D eigenvalue weighted by molar-refractivity contribution is 7.87. The number of nitrogens with zero attached hydrogens (tertiary/aromatic N) is 2. The standard InChI is InChI=1S/C25H37N3O6S.C2H6.C2H4/c1-27(2)35(30,31)26-23-9-6-14-28-24(23)18-34-21-12-10-19(11-13-21)20-7-5-8-22(17-20)32-15-3-4-16-33-25(28)29;2*1-2/h3-5,7-8,17,19,21,23-24,26H,6,9-16,18H2,1-2H3;1-2H3;1-2H2/b4-3-;;/t19?,21?,23-,24-;;/m0../s1. The van der Waals surface area contributed by atoms with Crippen molar-refractivity contribution in [1.82, 2.24) is 13.9 Å². The molecule has 1 N–H and O–H groups in total. The highest BCUT2D eigenvalue weighted by Crippen LogP contribution is 2.35. The van der Waals surface area contributed by atoms with Gasteiger partial charge in [-0.3, -0.25) is 0 Å². The lowest BCUT2D eigenvalue weighted by molar-refractivity contribution is -0.0257. The normalized spacial score (nSPS) is 26.7. The van der Waals surface area contributed by atoms with Crippen LogP contribution in [0.5, 0.6) is 5.75 Å². The zero-order valence-corrected chi connectivity index (χ0v) is 24.8. The van der Waals surface area contributed by atoms with Crippen LogP contribution in [0.1, 0.15) is 63.9 Å². The van der Waals surface area contributed by atoms with Crippen LogP contribution in [0.15, 0.2) is 49.6 Å². The van der Waals surface area contributed by atoms with Gasteiger partial charge in [0.15, 0.2) is 0 Å². The van der Waals surface area contributed by atoms with Gasteiger partial charge in [0.1, 0.15) is 19.0 Å². The Morgan fingerprint density at radius 1 is 1.00 bits per heavy atom. The van der Waals surface area contributed by atoms with Crippen LogP contribution in [-0.4, -0.2) is 82.4 Å². The molecule has 1 aromatic rings. The van der Waals surface area contributed by atoms with Crippen molar-refractivity contribution in [3.8, 4) is 5.75 Å². The van der Waals surface area contributed by atoms with Gasteiger partial charge in [-0.25, -0.2) is 4.79 Å². The minimum absolute atomic E-state index is 0.0819. The minimum Gasteiger partial charge on any atom is -0.490 e. The summed E-state index contributed by atoms with van der Waals surface area (Å²) in [5, 5.41) is 0. The number of carbonyl (C=O) groups is 1. The lowest BCUT2D eigenvalue weighted by Crippen LogP contribution is -2.60.